The van der Waals surface area contributed by atoms with Gasteiger partial charge in [0.05, 0.1) is 7.11 Å². The third-order valence-electron chi connectivity index (χ3n) is 3.14. The summed E-state index contributed by atoms with van der Waals surface area (Å²) in [6.07, 6.45) is 0.769. The van der Waals surface area contributed by atoms with Crippen molar-refractivity contribution in [1.29, 1.82) is 0 Å². The van der Waals surface area contributed by atoms with Gasteiger partial charge >= 0.3 is 0 Å². The molecular formula is C16H17NO2. The molecule has 0 fully saturated rings. The number of nitrogens with two attached hydrogens (primary N) is 1. The predicted octanol–water partition coefficient (Wildman–Crippen LogP) is 3.07. The van der Waals surface area contributed by atoms with Gasteiger partial charge in [-0.1, -0.05) is 19.1 Å². The number of carbonyl (C=O) groups is 1. The topological polar surface area (TPSA) is 52.3 Å². The minimum atomic E-state index is -0.0439. The molecule has 0 radical (unpaired) electrons. The fraction of sp³-hybridized carbons (Fsp3) is 0.188. The Bertz CT molecular complexity index is 605. The number of hydrogen-bond acceptors (Lipinski definition) is 3. The normalized spacial score (nSPS) is 10.2. The highest BCUT2D eigenvalue weighted by molar-refractivity contribution is 6.12. The average Bonchev–Trinajstić information content (AvgIpc) is 2.46. The Labute approximate surface area is 113 Å². The summed E-state index contributed by atoms with van der Waals surface area (Å²) in [6.45, 7) is 2.01. The number of benzene rings is 2. The maximum absolute atomic E-state index is 12.5. The third kappa shape index (κ3) is 2.60. The molecule has 0 unspecified atom stereocenters. The first-order chi connectivity index (χ1) is 9.17. The Morgan fingerprint density at radius 2 is 1.89 bits per heavy atom. The first-order valence-electron chi connectivity index (χ1n) is 6.23. The van der Waals surface area contributed by atoms with E-state index in [1.165, 1.54) is 0 Å². The molecule has 0 aliphatic heterocycles. The highest BCUT2D eigenvalue weighted by Crippen LogP contribution is 2.23. The van der Waals surface area contributed by atoms with Crippen LogP contribution < -0.4 is 10.5 Å². The smallest absolute Gasteiger partial charge is 0.195 e. The molecule has 2 aromatic rings. The van der Waals surface area contributed by atoms with Crippen molar-refractivity contribution in [1.82, 2.24) is 0 Å². The summed E-state index contributed by atoms with van der Waals surface area (Å²) in [7, 11) is 1.62. The SMILES string of the molecule is CCc1cc(OC)ccc1C(=O)c1ccccc1N. The fourth-order valence-electron chi connectivity index (χ4n) is 2.06. The standard InChI is InChI=1S/C16H17NO2/c1-3-11-10-12(19-2)8-9-13(11)16(18)14-6-4-5-7-15(14)17/h4-10H,3,17H2,1-2H3. The van der Waals surface area contributed by atoms with E-state index in [2.05, 4.69) is 0 Å². The first kappa shape index (κ1) is 13.1. The Hall–Kier alpha value is -2.29. The van der Waals surface area contributed by atoms with Crippen molar-refractivity contribution in [2.75, 3.05) is 12.8 Å². The lowest BCUT2D eigenvalue weighted by Crippen LogP contribution is -2.08. The van der Waals surface area contributed by atoms with Gasteiger partial charge in [-0.05, 0) is 42.3 Å². The zero-order valence-electron chi connectivity index (χ0n) is 11.1. The molecule has 0 spiro atoms. The molecule has 19 heavy (non-hydrogen) atoms. The Morgan fingerprint density at radius 1 is 1.16 bits per heavy atom. The van der Waals surface area contributed by atoms with Gasteiger partial charge in [0.15, 0.2) is 5.78 Å². The van der Waals surface area contributed by atoms with Crippen molar-refractivity contribution in [2.24, 2.45) is 0 Å². The van der Waals surface area contributed by atoms with E-state index in [0.717, 1.165) is 17.7 Å². The number of ketones is 1. The monoisotopic (exact) mass is 255 g/mol. The lowest BCUT2D eigenvalue weighted by atomic mass is 9.96. The quantitative estimate of drug-likeness (QED) is 0.674. The zero-order valence-corrected chi connectivity index (χ0v) is 11.1. The van der Waals surface area contributed by atoms with Crippen molar-refractivity contribution < 1.29 is 9.53 Å². The number of aryl methyl sites for hydroxylation is 1. The van der Waals surface area contributed by atoms with Crippen molar-refractivity contribution in [2.45, 2.75) is 13.3 Å². The zero-order chi connectivity index (χ0) is 13.8. The minimum Gasteiger partial charge on any atom is -0.497 e. The molecule has 0 aliphatic carbocycles. The second-order valence-electron chi connectivity index (χ2n) is 4.29. The molecule has 2 rings (SSSR count). The van der Waals surface area contributed by atoms with E-state index in [-0.39, 0.29) is 5.78 Å². The lowest BCUT2D eigenvalue weighted by Gasteiger charge is -2.10. The highest BCUT2D eigenvalue weighted by atomic mass is 16.5. The van der Waals surface area contributed by atoms with Crippen LogP contribution in [0.2, 0.25) is 0 Å². The van der Waals surface area contributed by atoms with E-state index < -0.39 is 0 Å². The van der Waals surface area contributed by atoms with E-state index in [4.69, 9.17) is 10.5 Å². The average molecular weight is 255 g/mol. The van der Waals surface area contributed by atoms with E-state index in [9.17, 15) is 4.79 Å². The van der Waals surface area contributed by atoms with Crippen LogP contribution in [0.1, 0.15) is 28.4 Å². The fourth-order valence-corrected chi connectivity index (χ4v) is 2.06. The summed E-state index contributed by atoms with van der Waals surface area (Å²) >= 11 is 0. The van der Waals surface area contributed by atoms with E-state index in [1.807, 2.05) is 25.1 Å². The molecule has 0 aromatic heterocycles. The van der Waals surface area contributed by atoms with Crippen LogP contribution >= 0.6 is 0 Å². The van der Waals surface area contributed by atoms with Gasteiger partial charge in [0.25, 0.3) is 0 Å². The van der Waals surface area contributed by atoms with Gasteiger partial charge < -0.3 is 10.5 Å². The molecule has 0 aliphatic rings. The van der Waals surface area contributed by atoms with E-state index >= 15 is 0 Å². The maximum atomic E-state index is 12.5. The van der Waals surface area contributed by atoms with Crippen molar-refractivity contribution in [3.63, 3.8) is 0 Å². The van der Waals surface area contributed by atoms with Crippen LogP contribution in [0.15, 0.2) is 42.5 Å². The molecule has 3 nitrogen and oxygen atoms in total. The van der Waals surface area contributed by atoms with Gasteiger partial charge in [0.1, 0.15) is 5.75 Å². The number of rotatable bonds is 4. The summed E-state index contributed by atoms with van der Waals surface area (Å²) < 4.78 is 5.18. The van der Waals surface area contributed by atoms with Crippen LogP contribution in [0, 0.1) is 0 Å². The molecule has 0 bridgehead atoms. The summed E-state index contributed by atoms with van der Waals surface area (Å²) in [5.41, 5.74) is 8.56. The number of para-hydroxylation sites is 1. The third-order valence-corrected chi connectivity index (χ3v) is 3.14. The van der Waals surface area contributed by atoms with Crippen LogP contribution in [0.4, 0.5) is 5.69 Å². The number of ether oxygens (including phenoxy) is 1. The molecule has 0 heterocycles. The Balaban J connectivity index is 2.47. The Kier molecular flexibility index (Phi) is 3.85. The molecule has 2 N–H and O–H groups in total. The predicted molar refractivity (Wildman–Crippen MR) is 76.7 cm³/mol. The number of anilines is 1. The van der Waals surface area contributed by atoms with Crippen molar-refractivity contribution in [3.8, 4) is 5.75 Å². The lowest BCUT2D eigenvalue weighted by molar-refractivity contribution is 0.103. The summed E-state index contributed by atoms with van der Waals surface area (Å²) in [5.74, 6) is 0.715. The molecule has 98 valence electrons. The number of carbonyl (C=O) groups excluding carboxylic acids is 1. The second-order valence-corrected chi connectivity index (χ2v) is 4.29. The summed E-state index contributed by atoms with van der Waals surface area (Å²) in [5, 5.41) is 0. The van der Waals surface area contributed by atoms with E-state index in [0.29, 0.717) is 16.8 Å². The molecule has 0 amide bonds. The maximum Gasteiger partial charge on any atom is 0.195 e. The number of hydrogen-bond donors (Lipinski definition) is 1. The largest absolute Gasteiger partial charge is 0.497 e. The Morgan fingerprint density at radius 3 is 2.53 bits per heavy atom. The summed E-state index contributed by atoms with van der Waals surface area (Å²) in [6, 6.07) is 12.6. The highest BCUT2D eigenvalue weighted by Gasteiger charge is 2.15. The van der Waals surface area contributed by atoms with E-state index in [1.54, 1.807) is 31.4 Å². The second kappa shape index (κ2) is 5.57. The number of methoxy groups -OCH3 is 1. The molecule has 0 saturated carbocycles. The van der Waals surface area contributed by atoms with Gasteiger partial charge in [-0.15, -0.1) is 0 Å². The van der Waals surface area contributed by atoms with Gasteiger partial charge in [0, 0.05) is 16.8 Å². The minimum absolute atomic E-state index is 0.0439. The van der Waals surface area contributed by atoms with Crippen LogP contribution in [0.3, 0.4) is 0 Å². The van der Waals surface area contributed by atoms with Crippen LogP contribution in [-0.2, 0) is 6.42 Å². The van der Waals surface area contributed by atoms with Gasteiger partial charge in [-0.3, -0.25) is 4.79 Å². The molecule has 0 atom stereocenters. The first-order valence-corrected chi connectivity index (χ1v) is 6.23. The van der Waals surface area contributed by atoms with Gasteiger partial charge in [0.2, 0.25) is 0 Å². The molecule has 2 aromatic carbocycles. The molecule has 0 saturated heterocycles. The summed E-state index contributed by atoms with van der Waals surface area (Å²) in [4.78, 5) is 12.5. The van der Waals surface area contributed by atoms with Gasteiger partial charge in [-0.2, -0.15) is 0 Å². The molecule has 3 heteroatoms. The van der Waals surface area contributed by atoms with Gasteiger partial charge in [-0.25, -0.2) is 0 Å². The van der Waals surface area contributed by atoms with Crippen molar-refractivity contribution >= 4 is 11.5 Å². The van der Waals surface area contributed by atoms with Crippen LogP contribution in [0.25, 0.3) is 0 Å². The van der Waals surface area contributed by atoms with Crippen molar-refractivity contribution in [3.05, 3.63) is 59.2 Å². The van der Waals surface area contributed by atoms with Crippen LogP contribution in [-0.4, -0.2) is 12.9 Å². The van der Waals surface area contributed by atoms with Crippen LogP contribution in [0.5, 0.6) is 5.75 Å². The molecular weight excluding hydrogens is 238 g/mol. The number of nitrogen functional groups attached to an aromatic ring is 1.